The fraction of sp³-hybridized carbons (Fsp3) is 0.333. The Morgan fingerprint density at radius 3 is 2.94 bits per heavy atom. The lowest BCUT2D eigenvalue weighted by molar-refractivity contribution is 0.998. The van der Waals surface area contributed by atoms with Crippen molar-refractivity contribution in [2.75, 3.05) is 24.2 Å². The Morgan fingerprint density at radius 1 is 1.35 bits per heavy atom. The molecule has 0 fully saturated rings. The lowest BCUT2D eigenvalue weighted by Gasteiger charge is -2.07. The van der Waals surface area contributed by atoms with E-state index < -0.39 is 0 Å². The van der Waals surface area contributed by atoms with Crippen molar-refractivity contribution >= 4 is 23.1 Å². The largest absolute Gasteiger partial charge is 0.370 e. The van der Waals surface area contributed by atoms with Gasteiger partial charge in [0.25, 0.3) is 0 Å². The summed E-state index contributed by atoms with van der Waals surface area (Å²) in [6.45, 7) is 2.85. The normalized spacial score (nSPS) is 10.2. The second-order valence-corrected chi connectivity index (χ2v) is 4.56. The van der Waals surface area contributed by atoms with Crippen LogP contribution in [0.4, 0.5) is 11.8 Å². The van der Waals surface area contributed by atoms with Gasteiger partial charge in [0, 0.05) is 25.4 Å². The van der Waals surface area contributed by atoms with Crippen LogP contribution in [-0.2, 0) is 6.42 Å². The summed E-state index contributed by atoms with van der Waals surface area (Å²) in [6, 6.07) is 4.10. The molecule has 0 aliphatic rings. The number of rotatable bonds is 5. The molecule has 2 heterocycles. The van der Waals surface area contributed by atoms with Crippen molar-refractivity contribution in [1.82, 2.24) is 9.97 Å². The van der Waals surface area contributed by atoms with Crippen LogP contribution in [0, 0.1) is 6.92 Å². The van der Waals surface area contributed by atoms with E-state index in [9.17, 15) is 0 Å². The highest BCUT2D eigenvalue weighted by Crippen LogP contribution is 2.10. The smallest absolute Gasteiger partial charge is 0.224 e. The summed E-state index contributed by atoms with van der Waals surface area (Å²) in [5.41, 5.74) is 2.32. The van der Waals surface area contributed by atoms with Crippen LogP contribution < -0.4 is 10.6 Å². The molecule has 0 aliphatic carbocycles. The predicted octanol–water partition coefficient (Wildman–Crippen LogP) is 2.54. The minimum Gasteiger partial charge on any atom is -0.370 e. The van der Waals surface area contributed by atoms with E-state index in [4.69, 9.17) is 0 Å². The Kier molecular flexibility index (Phi) is 3.93. The highest BCUT2D eigenvalue weighted by Gasteiger charge is 2.00. The Balaban J connectivity index is 1.92. The van der Waals surface area contributed by atoms with E-state index in [1.54, 1.807) is 11.3 Å². The predicted molar refractivity (Wildman–Crippen MR) is 72.8 cm³/mol. The molecular formula is C12H16N4S. The fourth-order valence-corrected chi connectivity index (χ4v) is 2.24. The minimum absolute atomic E-state index is 0.656. The van der Waals surface area contributed by atoms with E-state index in [-0.39, 0.29) is 0 Å². The van der Waals surface area contributed by atoms with Crippen LogP contribution in [0.5, 0.6) is 0 Å². The third kappa shape index (κ3) is 3.42. The maximum absolute atomic E-state index is 4.34. The van der Waals surface area contributed by atoms with Crippen molar-refractivity contribution in [3.05, 3.63) is 34.2 Å². The van der Waals surface area contributed by atoms with E-state index in [1.807, 2.05) is 20.0 Å². The number of aryl methyl sites for hydroxylation is 1. The minimum atomic E-state index is 0.656. The van der Waals surface area contributed by atoms with E-state index >= 15 is 0 Å². The summed E-state index contributed by atoms with van der Waals surface area (Å²) >= 11 is 1.73. The number of nitrogens with zero attached hydrogens (tertiary/aromatic N) is 2. The molecule has 90 valence electrons. The molecule has 0 saturated carbocycles. The monoisotopic (exact) mass is 248 g/mol. The third-order valence-corrected chi connectivity index (χ3v) is 3.11. The molecule has 2 aromatic rings. The van der Waals surface area contributed by atoms with Crippen LogP contribution in [0.1, 0.15) is 11.3 Å². The SMILES string of the molecule is CNc1nc(C)cc(NCCc2ccsc2)n1. The summed E-state index contributed by atoms with van der Waals surface area (Å²) in [5, 5.41) is 10.5. The van der Waals surface area contributed by atoms with Crippen molar-refractivity contribution in [1.29, 1.82) is 0 Å². The number of hydrogen-bond donors (Lipinski definition) is 2. The van der Waals surface area contributed by atoms with Crippen LogP contribution in [0.2, 0.25) is 0 Å². The van der Waals surface area contributed by atoms with Gasteiger partial charge in [0.1, 0.15) is 5.82 Å². The standard InChI is InChI=1S/C12H16N4S/c1-9-7-11(16-12(13-2)15-9)14-5-3-10-4-6-17-8-10/h4,6-8H,3,5H2,1-2H3,(H2,13,14,15,16). The lowest BCUT2D eigenvalue weighted by atomic mass is 10.2. The maximum Gasteiger partial charge on any atom is 0.224 e. The first-order valence-electron chi connectivity index (χ1n) is 5.56. The Bertz CT molecular complexity index is 467. The van der Waals surface area contributed by atoms with Gasteiger partial charge in [-0.05, 0) is 35.7 Å². The van der Waals surface area contributed by atoms with E-state index in [0.29, 0.717) is 5.95 Å². The molecule has 17 heavy (non-hydrogen) atoms. The Morgan fingerprint density at radius 2 is 2.24 bits per heavy atom. The van der Waals surface area contributed by atoms with Crippen molar-refractivity contribution in [3.8, 4) is 0 Å². The zero-order valence-corrected chi connectivity index (χ0v) is 10.8. The van der Waals surface area contributed by atoms with Crippen molar-refractivity contribution in [2.45, 2.75) is 13.3 Å². The van der Waals surface area contributed by atoms with Gasteiger partial charge in [-0.1, -0.05) is 0 Å². The molecular weight excluding hydrogens is 232 g/mol. The number of aromatic nitrogens is 2. The first-order chi connectivity index (χ1) is 8.28. The van der Waals surface area contributed by atoms with Crippen LogP contribution in [0.15, 0.2) is 22.9 Å². The van der Waals surface area contributed by atoms with Gasteiger partial charge in [-0.2, -0.15) is 16.3 Å². The van der Waals surface area contributed by atoms with Crippen molar-refractivity contribution in [3.63, 3.8) is 0 Å². The van der Waals surface area contributed by atoms with Gasteiger partial charge in [-0.15, -0.1) is 0 Å². The molecule has 5 heteroatoms. The molecule has 2 N–H and O–H groups in total. The first-order valence-corrected chi connectivity index (χ1v) is 6.50. The second-order valence-electron chi connectivity index (χ2n) is 3.78. The molecule has 0 saturated heterocycles. The average Bonchev–Trinajstić information content (AvgIpc) is 2.81. The van der Waals surface area contributed by atoms with Crippen LogP contribution in [0.3, 0.4) is 0 Å². The molecule has 0 aliphatic heterocycles. The topological polar surface area (TPSA) is 49.8 Å². The summed E-state index contributed by atoms with van der Waals surface area (Å²) in [4.78, 5) is 8.59. The van der Waals surface area contributed by atoms with Gasteiger partial charge in [0.15, 0.2) is 0 Å². The molecule has 0 amide bonds. The third-order valence-electron chi connectivity index (χ3n) is 2.38. The van der Waals surface area contributed by atoms with Gasteiger partial charge in [0.05, 0.1) is 0 Å². The molecule has 0 unspecified atom stereocenters. The highest BCUT2D eigenvalue weighted by molar-refractivity contribution is 7.07. The molecule has 0 aromatic carbocycles. The first kappa shape index (κ1) is 11.9. The number of anilines is 2. The van der Waals surface area contributed by atoms with E-state index in [2.05, 4.69) is 37.4 Å². The van der Waals surface area contributed by atoms with Crippen molar-refractivity contribution in [2.24, 2.45) is 0 Å². The number of nitrogens with one attached hydrogen (secondary N) is 2. The molecule has 0 bridgehead atoms. The summed E-state index contributed by atoms with van der Waals surface area (Å²) in [6.07, 6.45) is 1.02. The number of hydrogen-bond acceptors (Lipinski definition) is 5. The summed E-state index contributed by atoms with van der Waals surface area (Å²) in [5.74, 6) is 1.53. The van der Waals surface area contributed by atoms with Gasteiger partial charge < -0.3 is 10.6 Å². The van der Waals surface area contributed by atoms with Crippen molar-refractivity contribution < 1.29 is 0 Å². The molecule has 2 rings (SSSR count). The van der Waals surface area contributed by atoms with Crippen LogP contribution in [-0.4, -0.2) is 23.6 Å². The molecule has 2 aromatic heterocycles. The molecule has 0 atom stereocenters. The molecule has 0 spiro atoms. The van der Waals surface area contributed by atoms with Crippen LogP contribution >= 0.6 is 11.3 Å². The van der Waals surface area contributed by atoms with Gasteiger partial charge >= 0.3 is 0 Å². The number of thiophene rings is 1. The quantitative estimate of drug-likeness (QED) is 0.853. The zero-order chi connectivity index (χ0) is 12.1. The van der Waals surface area contributed by atoms with E-state index in [1.165, 1.54) is 5.56 Å². The summed E-state index contributed by atoms with van der Waals surface area (Å²) in [7, 11) is 1.82. The Hall–Kier alpha value is -1.62. The highest BCUT2D eigenvalue weighted by atomic mass is 32.1. The zero-order valence-electron chi connectivity index (χ0n) is 10.0. The van der Waals surface area contributed by atoms with Gasteiger partial charge in [-0.3, -0.25) is 0 Å². The lowest BCUT2D eigenvalue weighted by Crippen LogP contribution is -2.08. The Labute approximate surface area is 105 Å². The molecule has 0 radical (unpaired) electrons. The fourth-order valence-electron chi connectivity index (χ4n) is 1.54. The second kappa shape index (κ2) is 5.63. The van der Waals surface area contributed by atoms with Gasteiger partial charge in [-0.25, -0.2) is 4.98 Å². The van der Waals surface area contributed by atoms with Gasteiger partial charge in [0.2, 0.25) is 5.95 Å². The maximum atomic E-state index is 4.34. The molecule has 4 nitrogen and oxygen atoms in total. The summed E-state index contributed by atoms with van der Waals surface area (Å²) < 4.78 is 0. The van der Waals surface area contributed by atoms with E-state index in [0.717, 1.165) is 24.5 Å². The van der Waals surface area contributed by atoms with Crippen LogP contribution in [0.25, 0.3) is 0 Å². The average molecular weight is 248 g/mol.